The second kappa shape index (κ2) is 9.53. The molecule has 0 aliphatic carbocycles. The maximum absolute atomic E-state index is 13.4. The SMILES string of the molecule is CC(CN1CCN(C)CC1)NC(=O)NCCOc1ccc(F)cc1F. The van der Waals surface area contributed by atoms with Crippen LogP contribution >= 0.6 is 0 Å². The predicted octanol–water partition coefficient (Wildman–Crippen LogP) is 1.28. The number of likely N-dealkylation sites (N-methyl/N-ethyl adjacent to an activating group) is 1. The number of nitrogens with one attached hydrogen (secondary N) is 2. The molecule has 1 unspecified atom stereocenters. The fourth-order valence-electron chi connectivity index (χ4n) is 2.66. The van der Waals surface area contributed by atoms with E-state index in [0.29, 0.717) is 0 Å². The lowest BCUT2D eigenvalue weighted by atomic mass is 10.2. The fourth-order valence-corrected chi connectivity index (χ4v) is 2.66. The number of hydrogen-bond acceptors (Lipinski definition) is 4. The molecule has 1 fully saturated rings. The summed E-state index contributed by atoms with van der Waals surface area (Å²) in [6.45, 7) is 7.17. The molecule has 1 aliphatic rings. The number of carbonyl (C=O) groups is 1. The zero-order valence-corrected chi connectivity index (χ0v) is 14.7. The Morgan fingerprint density at radius 1 is 1.28 bits per heavy atom. The average molecular weight is 356 g/mol. The number of nitrogens with zero attached hydrogens (tertiary/aromatic N) is 2. The van der Waals surface area contributed by atoms with E-state index in [9.17, 15) is 13.6 Å². The largest absolute Gasteiger partial charge is 0.489 e. The molecule has 1 aromatic rings. The first kappa shape index (κ1) is 19.4. The molecular weight excluding hydrogens is 330 g/mol. The molecule has 25 heavy (non-hydrogen) atoms. The minimum Gasteiger partial charge on any atom is -0.489 e. The highest BCUT2D eigenvalue weighted by Gasteiger charge is 2.17. The van der Waals surface area contributed by atoms with Crippen LogP contribution in [0.15, 0.2) is 18.2 Å². The Hall–Kier alpha value is -1.93. The number of ether oxygens (including phenoxy) is 1. The smallest absolute Gasteiger partial charge is 0.315 e. The van der Waals surface area contributed by atoms with Gasteiger partial charge in [-0.2, -0.15) is 0 Å². The second-order valence-corrected chi connectivity index (χ2v) is 6.33. The molecule has 140 valence electrons. The van der Waals surface area contributed by atoms with Crippen molar-refractivity contribution in [3.8, 4) is 5.75 Å². The monoisotopic (exact) mass is 356 g/mol. The lowest BCUT2D eigenvalue weighted by Crippen LogP contribution is -2.51. The standard InChI is InChI=1S/C17H26F2N4O2/c1-13(12-23-8-6-22(2)7-9-23)21-17(24)20-5-10-25-16-4-3-14(18)11-15(16)19/h3-4,11,13H,5-10,12H2,1-2H3,(H2,20,21,24). The van der Waals surface area contributed by atoms with Gasteiger partial charge in [-0.15, -0.1) is 0 Å². The number of carbonyl (C=O) groups excluding carboxylic acids is 1. The summed E-state index contributed by atoms with van der Waals surface area (Å²) in [7, 11) is 2.10. The Morgan fingerprint density at radius 3 is 2.68 bits per heavy atom. The highest BCUT2D eigenvalue weighted by Crippen LogP contribution is 2.17. The Labute approximate surface area is 147 Å². The van der Waals surface area contributed by atoms with Gasteiger partial charge < -0.3 is 20.3 Å². The van der Waals surface area contributed by atoms with Gasteiger partial charge in [0.15, 0.2) is 11.6 Å². The summed E-state index contributed by atoms with van der Waals surface area (Å²) in [5, 5.41) is 5.53. The van der Waals surface area contributed by atoms with Crippen LogP contribution < -0.4 is 15.4 Å². The number of halogens is 2. The number of urea groups is 1. The van der Waals surface area contributed by atoms with Crippen LogP contribution in [0.2, 0.25) is 0 Å². The summed E-state index contributed by atoms with van der Waals surface area (Å²) < 4.78 is 31.3. The molecule has 1 heterocycles. The minimum atomic E-state index is -0.759. The van der Waals surface area contributed by atoms with Crippen LogP contribution in [-0.2, 0) is 0 Å². The molecule has 0 radical (unpaired) electrons. The maximum Gasteiger partial charge on any atom is 0.315 e. The Kier molecular flexibility index (Phi) is 7.39. The van der Waals surface area contributed by atoms with Gasteiger partial charge in [-0.3, -0.25) is 4.90 Å². The lowest BCUT2D eigenvalue weighted by Gasteiger charge is -2.34. The molecule has 1 saturated heterocycles. The molecule has 1 atom stereocenters. The van der Waals surface area contributed by atoms with Gasteiger partial charge >= 0.3 is 6.03 Å². The normalized spacial score (nSPS) is 17.1. The summed E-state index contributed by atoms with van der Waals surface area (Å²) in [4.78, 5) is 16.4. The van der Waals surface area contributed by atoms with Gasteiger partial charge in [0.05, 0.1) is 6.54 Å². The van der Waals surface area contributed by atoms with Crippen molar-refractivity contribution in [2.75, 3.05) is 52.9 Å². The van der Waals surface area contributed by atoms with Crippen LogP contribution in [0, 0.1) is 11.6 Å². The Bertz CT molecular complexity index is 566. The van der Waals surface area contributed by atoms with E-state index in [1.54, 1.807) is 0 Å². The van der Waals surface area contributed by atoms with E-state index in [0.717, 1.165) is 44.9 Å². The van der Waals surface area contributed by atoms with E-state index in [1.165, 1.54) is 6.07 Å². The molecule has 1 aliphatic heterocycles. The predicted molar refractivity (Wildman–Crippen MR) is 91.8 cm³/mol. The first-order valence-corrected chi connectivity index (χ1v) is 8.47. The maximum atomic E-state index is 13.4. The Morgan fingerprint density at radius 2 is 2.00 bits per heavy atom. The van der Waals surface area contributed by atoms with Crippen molar-refractivity contribution >= 4 is 6.03 Å². The highest BCUT2D eigenvalue weighted by atomic mass is 19.1. The third-order valence-corrected chi connectivity index (χ3v) is 4.04. The zero-order valence-electron chi connectivity index (χ0n) is 14.7. The quantitative estimate of drug-likeness (QED) is 0.723. The van der Waals surface area contributed by atoms with E-state index in [2.05, 4.69) is 27.5 Å². The van der Waals surface area contributed by atoms with Gasteiger partial charge in [0.1, 0.15) is 12.4 Å². The minimum absolute atomic E-state index is 0.0267. The van der Waals surface area contributed by atoms with E-state index in [4.69, 9.17) is 4.74 Å². The molecule has 2 N–H and O–H groups in total. The van der Waals surface area contributed by atoms with Crippen molar-refractivity contribution in [1.29, 1.82) is 0 Å². The molecule has 0 bridgehead atoms. The topological polar surface area (TPSA) is 56.8 Å². The van der Waals surface area contributed by atoms with Crippen LogP contribution in [-0.4, -0.2) is 74.8 Å². The van der Waals surface area contributed by atoms with Crippen LogP contribution in [0.5, 0.6) is 5.75 Å². The molecule has 8 heteroatoms. The van der Waals surface area contributed by atoms with Crippen molar-refractivity contribution in [2.45, 2.75) is 13.0 Å². The van der Waals surface area contributed by atoms with Gasteiger partial charge in [0, 0.05) is 44.8 Å². The lowest BCUT2D eigenvalue weighted by molar-refractivity contribution is 0.144. The molecule has 2 rings (SSSR count). The fraction of sp³-hybridized carbons (Fsp3) is 0.588. The number of benzene rings is 1. The van der Waals surface area contributed by atoms with Gasteiger partial charge in [-0.25, -0.2) is 13.6 Å². The van der Waals surface area contributed by atoms with Crippen LogP contribution in [0.25, 0.3) is 0 Å². The van der Waals surface area contributed by atoms with E-state index >= 15 is 0 Å². The van der Waals surface area contributed by atoms with Gasteiger partial charge in [-0.1, -0.05) is 0 Å². The van der Waals surface area contributed by atoms with Gasteiger partial charge in [0.25, 0.3) is 0 Å². The molecule has 0 saturated carbocycles. The van der Waals surface area contributed by atoms with Gasteiger partial charge in [-0.05, 0) is 26.1 Å². The third-order valence-electron chi connectivity index (χ3n) is 4.04. The number of amides is 2. The molecule has 0 aromatic heterocycles. The summed E-state index contributed by atoms with van der Waals surface area (Å²) in [6.07, 6.45) is 0. The van der Waals surface area contributed by atoms with Crippen molar-refractivity contribution in [3.05, 3.63) is 29.8 Å². The highest BCUT2D eigenvalue weighted by molar-refractivity contribution is 5.74. The van der Waals surface area contributed by atoms with Crippen LogP contribution in [0.1, 0.15) is 6.92 Å². The third kappa shape index (κ3) is 6.83. The molecule has 1 aromatic carbocycles. The summed E-state index contributed by atoms with van der Waals surface area (Å²) in [5.41, 5.74) is 0. The van der Waals surface area contributed by atoms with Crippen LogP contribution in [0.4, 0.5) is 13.6 Å². The Balaban J connectivity index is 1.60. The van der Waals surface area contributed by atoms with E-state index in [-0.39, 0.29) is 31.0 Å². The number of rotatable bonds is 7. The van der Waals surface area contributed by atoms with Crippen LogP contribution in [0.3, 0.4) is 0 Å². The summed E-state index contributed by atoms with van der Waals surface area (Å²) >= 11 is 0. The number of piperazine rings is 1. The summed E-state index contributed by atoms with van der Waals surface area (Å²) in [5.74, 6) is -1.45. The van der Waals surface area contributed by atoms with Gasteiger partial charge in [0.2, 0.25) is 0 Å². The second-order valence-electron chi connectivity index (χ2n) is 6.33. The zero-order chi connectivity index (χ0) is 18.2. The molecular formula is C17H26F2N4O2. The average Bonchev–Trinajstić information content (AvgIpc) is 2.55. The van der Waals surface area contributed by atoms with Crippen molar-refractivity contribution in [3.63, 3.8) is 0 Å². The molecule has 6 nitrogen and oxygen atoms in total. The summed E-state index contributed by atoms with van der Waals surface area (Å²) in [6, 6.07) is 2.85. The first-order chi connectivity index (χ1) is 11.9. The molecule has 2 amide bonds. The van der Waals surface area contributed by atoms with Crippen molar-refractivity contribution in [1.82, 2.24) is 20.4 Å². The van der Waals surface area contributed by atoms with E-state index < -0.39 is 11.6 Å². The van der Waals surface area contributed by atoms with E-state index in [1.807, 2.05) is 6.92 Å². The first-order valence-electron chi connectivity index (χ1n) is 8.47. The van der Waals surface area contributed by atoms with Crippen molar-refractivity contribution < 1.29 is 18.3 Å². The van der Waals surface area contributed by atoms with Crippen molar-refractivity contribution in [2.24, 2.45) is 0 Å². The number of hydrogen-bond donors (Lipinski definition) is 2. The molecule has 0 spiro atoms.